The number of para-hydroxylation sites is 4. The zero-order valence-electron chi connectivity index (χ0n) is 66.2. The minimum Gasteiger partial charge on any atom is -0.488 e. The normalized spacial score (nSPS) is 14.3. The lowest BCUT2D eigenvalue weighted by Crippen LogP contribution is -2.48. The molecule has 2 aliphatic rings. The fourth-order valence-electron chi connectivity index (χ4n) is 11.9. The molecule has 20 nitrogen and oxygen atoms in total. The van der Waals surface area contributed by atoms with Gasteiger partial charge >= 0.3 is 23.9 Å². The van der Waals surface area contributed by atoms with Gasteiger partial charge in [0.2, 0.25) is 0 Å². The van der Waals surface area contributed by atoms with Gasteiger partial charge in [-0.2, -0.15) is 0 Å². The molecule has 12 aromatic rings. The van der Waals surface area contributed by atoms with Gasteiger partial charge in [-0.1, -0.05) is 298 Å². The van der Waals surface area contributed by atoms with Crippen molar-refractivity contribution in [3.05, 3.63) is 406 Å². The van der Waals surface area contributed by atoms with E-state index in [1.807, 2.05) is 298 Å². The summed E-state index contributed by atoms with van der Waals surface area (Å²) in [6.07, 6.45) is -1.13. The molecule has 0 radical (unpaired) electrons. The molecule has 2 aliphatic heterocycles. The Kier molecular flexibility index (Phi) is 34.3. The molecule has 0 spiro atoms. The zero-order valence-corrected chi connectivity index (χ0v) is 67.8. The lowest BCUT2D eigenvalue weighted by atomic mass is 10.1. The van der Waals surface area contributed by atoms with Crippen LogP contribution in [0.2, 0.25) is 0 Å². The first kappa shape index (κ1) is 87.5. The van der Waals surface area contributed by atoms with Crippen LogP contribution in [-0.4, -0.2) is 104 Å². The molecule has 6 atom stereocenters. The lowest BCUT2D eigenvalue weighted by molar-refractivity contribution is -0.150. The number of aliphatic imine (C=N–C) groups is 2. The largest absolute Gasteiger partial charge is 0.488 e. The number of amides is 2. The molecular weight excluding hydrogens is 1550 g/mol. The highest BCUT2D eigenvalue weighted by molar-refractivity contribution is 8.15. The number of hydrogen-bond donors (Lipinski definition) is 4. The number of ether oxygens (including phenoxy) is 8. The van der Waals surface area contributed by atoms with E-state index >= 15 is 0 Å². The van der Waals surface area contributed by atoms with Crippen LogP contribution in [0.25, 0.3) is 0 Å². The summed E-state index contributed by atoms with van der Waals surface area (Å²) in [5.41, 5.74) is 10.0. The smallest absolute Gasteiger partial charge is 0.332 e. The first-order valence-corrected chi connectivity index (χ1v) is 40.8. The van der Waals surface area contributed by atoms with Crippen molar-refractivity contribution in [3.8, 4) is 23.0 Å². The molecule has 22 heteroatoms. The fraction of sp³-hybridized carbons (Fsp3) is 0.184. The summed E-state index contributed by atoms with van der Waals surface area (Å²) in [7, 11) is 0. The third kappa shape index (κ3) is 27.6. The van der Waals surface area contributed by atoms with E-state index in [-0.39, 0.29) is 54.7 Å². The summed E-state index contributed by atoms with van der Waals surface area (Å²) in [5.74, 6) is -0.211. The number of nitrogens with one attached hydrogen (secondary N) is 2. The number of esters is 4. The van der Waals surface area contributed by atoms with Gasteiger partial charge in [0.05, 0.1) is 23.8 Å². The predicted molar refractivity (Wildman–Crippen MR) is 465 cm³/mol. The van der Waals surface area contributed by atoms with Crippen molar-refractivity contribution in [2.75, 3.05) is 12.4 Å². The second-order valence-corrected chi connectivity index (χ2v) is 29.7. The van der Waals surface area contributed by atoms with Crippen LogP contribution in [0, 0.1) is 0 Å². The van der Waals surface area contributed by atoms with E-state index in [1.165, 1.54) is 6.92 Å². The van der Waals surface area contributed by atoms with Crippen molar-refractivity contribution >= 4 is 69.3 Å². The quantitative estimate of drug-likeness (QED) is 0.0225. The molecule has 0 bridgehead atoms. The van der Waals surface area contributed by atoms with E-state index in [2.05, 4.69) is 15.6 Å². The number of rotatable bonds is 32. The van der Waals surface area contributed by atoms with Crippen LogP contribution in [0.5, 0.6) is 23.0 Å². The van der Waals surface area contributed by atoms with Gasteiger partial charge < -0.3 is 58.7 Å². The van der Waals surface area contributed by atoms with Crippen molar-refractivity contribution in [1.29, 1.82) is 0 Å². The van der Waals surface area contributed by atoms with Crippen LogP contribution >= 0.6 is 23.5 Å². The van der Waals surface area contributed by atoms with Gasteiger partial charge in [0, 0.05) is 22.1 Å². The molecule has 2 heterocycles. The summed E-state index contributed by atoms with van der Waals surface area (Å²) in [4.78, 5) is 84.7. The number of hydrogen-bond acceptors (Lipinski definition) is 20. The Morgan fingerprint density at radius 3 is 1.06 bits per heavy atom. The van der Waals surface area contributed by atoms with Crippen LogP contribution in [0.3, 0.4) is 0 Å². The minimum atomic E-state index is -1.21. The molecule has 6 unspecified atom stereocenters. The van der Waals surface area contributed by atoms with Crippen LogP contribution in [0.1, 0.15) is 90.2 Å². The summed E-state index contributed by atoms with van der Waals surface area (Å²) < 4.78 is 45.1. The highest BCUT2D eigenvalue weighted by Gasteiger charge is 2.36. The Balaban J connectivity index is 0.000000157. The van der Waals surface area contributed by atoms with Crippen LogP contribution < -0.4 is 29.6 Å². The average molecular weight is 1650 g/mol. The van der Waals surface area contributed by atoms with E-state index in [1.54, 1.807) is 72.1 Å². The highest BCUT2D eigenvalue weighted by atomic mass is 32.2. The van der Waals surface area contributed by atoms with Crippen LogP contribution in [-0.2, 0) is 91.0 Å². The number of thioether (sulfide) groups is 2. The van der Waals surface area contributed by atoms with Crippen molar-refractivity contribution in [2.24, 2.45) is 9.98 Å². The van der Waals surface area contributed by atoms with Gasteiger partial charge in [-0.15, -0.1) is 23.5 Å². The minimum absolute atomic E-state index is 0.00505. The van der Waals surface area contributed by atoms with Crippen molar-refractivity contribution in [1.82, 2.24) is 10.6 Å². The van der Waals surface area contributed by atoms with Crippen LogP contribution in [0.4, 0.5) is 0 Å². The summed E-state index contributed by atoms with van der Waals surface area (Å²) >= 11 is 3.14. The summed E-state index contributed by atoms with van der Waals surface area (Å²) in [5, 5.41) is 26.3. The molecule has 0 fully saturated rings. The third-order valence-electron chi connectivity index (χ3n) is 18.3. The number of nitrogens with zero attached hydrogens (tertiary/aromatic N) is 2. The van der Waals surface area contributed by atoms with Gasteiger partial charge in [0.1, 0.15) is 85.9 Å². The fourth-order valence-corrected chi connectivity index (χ4v) is 14.0. The molecule has 0 saturated carbocycles. The van der Waals surface area contributed by atoms with Gasteiger partial charge in [-0.05, 0) is 100.0 Å². The van der Waals surface area contributed by atoms with Crippen molar-refractivity contribution < 1.29 is 76.9 Å². The Hall–Kier alpha value is -13.4. The van der Waals surface area contributed by atoms with Gasteiger partial charge in [-0.25, -0.2) is 19.2 Å². The third-order valence-corrected chi connectivity index (χ3v) is 20.6. The first-order chi connectivity index (χ1) is 58.7. The second kappa shape index (κ2) is 47.1. The lowest BCUT2D eigenvalue weighted by Gasteiger charge is -2.21. The molecular formula is C98H92N4O16S2. The van der Waals surface area contributed by atoms with Gasteiger partial charge in [0.25, 0.3) is 11.8 Å². The maximum Gasteiger partial charge on any atom is 0.332 e. The molecule has 2 amide bonds. The highest BCUT2D eigenvalue weighted by Crippen LogP contribution is 2.36. The first-order valence-electron chi connectivity index (χ1n) is 38.9. The number of benzene rings is 12. The molecule has 4 N–H and O–H groups in total. The number of aliphatic hydroxyl groups excluding tert-OH is 2. The monoisotopic (exact) mass is 1640 g/mol. The van der Waals surface area contributed by atoms with Gasteiger partial charge in [0.15, 0.2) is 24.2 Å². The molecule has 612 valence electrons. The summed E-state index contributed by atoms with van der Waals surface area (Å²) in [6, 6.07) is 103. The maximum atomic E-state index is 12.9. The van der Waals surface area contributed by atoms with E-state index in [0.717, 1.165) is 77.2 Å². The molecule has 120 heavy (non-hydrogen) atoms. The predicted octanol–water partition coefficient (Wildman–Crippen LogP) is 16.7. The Morgan fingerprint density at radius 2 is 0.675 bits per heavy atom. The van der Waals surface area contributed by atoms with Crippen molar-refractivity contribution in [2.45, 2.75) is 102 Å². The Bertz CT molecular complexity index is 5280. The molecule has 0 aliphatic carbocycles. The molecule has 0 aromatic heterocycles. The molecule has 12 aromatic carbocycles. The molecule has 14 rings (SSSR count). The Labute approximate surface area is 706 Å². The van der Waals surface area contributed by atoms with Gasteiger partial charge in [-0.3, -0.25) is 19.6 Å². The molecule has 0 saturated heterocycles. The van der Waals surface area contributed by atoms with E-state index < -0.39 is 60.6 Å². The Morgan fingerprint density at radius 1 is 0.367 bits per heavy atom. The van der Waals surface area contributed by atoms with Crippen molar-refractivity contribution in [3.63, 3.8) is 0 Å². The number of carbonyl (C=O) groups is 6. The van der Waals surface area contributed by atoms with E-state index in [4.69, 9.17) is 42.9 Å². The topological polar surface area (TPSA) is 265 Å². The average Bonchev–Trinajstić information content (AvgIpc) is 1.65. The number of carbonyl (C=O) groups excluding carboxylic acids is 6. The standard InChI is InChI=1S/C25H25NO5.C25H23NO3S.C24H23NO5.C24H21NO3S/c1-18(27)23(25(29)31-17-20-12-6-3-7-13-20)26-24(28)21-14-8-9-15-22(21)30-16-19-10-4-2-5-11-19;1-18-23(25(27)29-17-20-12-6-3-7-13-20)26-24(30-18)21-14-8-9-15-22(21)28-16-19-10-4-2-5-11-19;26-15-21(24(28)30-17-19-11-5-2-6-12-19)25-23(27)20-13-7-8-14-22(20)29-16-18-9-3-1-4-10-18;26-24(28-16-19-11-5-2-6-12-19)21-17-29-23(25-21)20-13-7-8-14-22(20)27-15-18-9-3-1-4-10-18/h2-15,18,23,27H,16-17H2,1H3,(H,26,28);2-15,18,23H,16-17H2,1H3;1-14,21,26H,15-17H2,(H,25,27);1-14,21H,15-17H2. The number of aliphatic hydroxyl groups is 2. The zero-order chi connectivity index (χ0) is 83.9. The SMILES string of the molecule is CC(O)C(NC(=O)c1ccccc1OCc1ccccc1)C(=O)OCc1ccccc1.CC1SC(c2ccccc2OCc2ccccc2)=NC1C(=O)OCc1ccccc1.O=C(NC(CO)C(=O)OCc1ccccc1)c1ccccc1OCc1ccccc1.O=C(OCc1ccccc1)C1CSC(c2ccccc2OCc2ccccc2)=N1. The maximum absolute atomic E-state index is 12.9. The van der Waals surface area contributed by atoms with E-state index in [9.17, 15) is 39.0 Å². The van der Waals surface area contributed by atoms with Crippen LogP contribution in [0.15, 0.2) is 350 Å². The second-order valence-electron chi connectivity index (χ2n) is 27.3. The van der Waals surface area contributed by atoms with E-state index in [0.29, 0.717) is 43.7 Å². The summed E-state index contributed by atoms with van der Waals surface area (Å²) in [6.45, 7) is 5.04.